The van der Waals surface area contributed by atoms with Crippen molar-refractivity contribution in [2.75, 3.05) is 6.35 Å². The predicted octanol–water partition coefficient (Wildman–Crippen LogP) is -0.0888. The van der Waals surface area contributed by atoms with Gasteiger partial charge in [0, 0.05) is 6.92 Å². The SMILES string of the molecule is CC(=O)N=C(C=CP(O)CO)C(=O)O. The van der Waals surface area contributed by atoms with Gasteiger partial charge in [-0.15, -0.1) is 0 Å². The van der Waals surface area contributed by atoms with Crippen LogP contribution >= 0.6 is 8.15 Å². The van der Waals surface area contributed by atoms with Crippen molar-refractivity contribution < 1.29 is 24.7 Å². The number of carboxylic acid groups (broad SMARTS) is 1. The fourth-order valence-electron chi connectivity index (χ4n) is 0.530. The molecule has 78 valence electrons. The molecule has 0 aromatic rings. The normalized spacial score (nSPS) is 14.4. The van der Waals surface area contributed by atoms with E-state index in [2.05, 4.69) is 4.99 Å². The summed E-state index contributed by atoms with van der Waals surface area (Å²) in [5, 5.41) is 17.0. The maximum atomic E-state index is 10.5. The third-order valence-electron chi connectivity index (χ3n) is 1.05. The Kier molecular flexibility index (Phi) is 5.87. The average molecular weight is 219 g/mol. The van der Waals surface area contributed by atoms with Gasteiger partial charge in [0.1, 0.15) is 0 Å². The van der Waals surface area contributed by atoms with Gasteiger partial charge >= 0.3 is 5.97 Å². The predicted molar refractivity (Wildman–Crippen MR) is 51.1 cm³/mol. The molecule has 3 N–H and O–H groups in total. The standard InChI is InChI=1S/C7H10NO5P/c1-5(10)8-6(7(11)12)2-3-14(13)4-9/h2-3,9,13H,4H2,1H3,(H,11,12). The lowest BCUT2D eigenvalue weighted by Gasteiger charge is -1.97. The van der Waals surface area contributed by atoms with Gasteiger partial charge in [0.05, 0.1) is 14.5 Å². The minimum absolute atomic E-state index is 0.460. The molecule has 1 atom stereocenters. The molecule has 0 bridgehead atoms. The molecule has 0 aliphatic carbocycles. The van der Waals surface area contributed by atoms with Gasteiger partial charge in [0.25, 0.3) is 0 Å². The van der Waals surface area contributed by atoms with Crippen LogP contribution in [0.2, 0.25) is 0 Å². The number of carbonyl (C=O) groups is 2. The second-order valence-electron chi connectivity index (χ2n) is 2.22. The highest BCUT2D eigenvalue weighted by molar-refractivity contribution is 7.54. The number of carboxylic acids is 1. The van der Waals surface area contributed by atoms with Gasteiger partial charge in [-0.3, -0.25) is 4.79 Å². The third-order valence-corrected chi connectivity index (χ3v) is 1.83. The van der Waals surface area contributed by atoms with Gasteiger partial charge in [-0.2, -0.15) is 0 Å². The Morgan fingerprint density at radius 1 is 1.50 bits per heavy atom. The summed E-state index contributed by atoms with van der Waals surface area (Å²) in [4.78, 5) is 33.1. The lowest BCUT2D eigenvalue weighted by molar-refractivity contribution is -0.129. The smallest absolute Gasteiger partial charge is 0.354 e. The molecule has 0 spiro atoms. The molecule has 14 heavy (non-hydrogen) atoms. The Morgan fingerprint density at radius 2 is 2.07 bits per heavy atom. The van der Waals surface area contributed by atoms with Crippen LogP contribution < -0.4 is 0 Å². The molecule has 0 aromatic carbocycles. The molecular formula is C7H10NO5P. The average Bonchev–Trinajstić information content (AvgIpc) is 2.10. The van der Waals surface area contributed by atoms with Gasteiger partial charge in [-0.25, -0.2) is 9.79 Å². The van der Waals surface area contributed by atoms with Crippen LogP contribution in [0.1, 0.15) is 6.92 Å². The summed E-state index contributed by atoms with van der Waals surface area (Å²) in [6, 6.07) is 0. The number of aliphatic imine (C=N–C) groups is 1. The van der Waals surface area contributed by atoms with Crippen molar-refractivity contribution in [2.45, 2.75) is 6.92 Å². The molecule has 0 aliphatic rings. The van der Waals surface area contributed by atoms with E-state index in [0.717, 1.165) is 18.8 Å². The summed E-state index contributed by atoms with van der Waals surface area (Å²) < 4.78 is 0. The molecule has 1 amide bonds. The van der Waals surface area contributed by atoms with E-state index in [-0.39, 0.29) is 0 Å². The van der Waals surface area contributed by atoms with Crippen LogP contribution in [0.3, 0.4) is 0 Å². The van der Waals surface area contributed by atoms with Crippen LogP contribution in [0.25, 0.3) is 0 Å². The first-order valence-electron chi connectivity index (χ1n) is 3.54. The van der Waals surface area contributed by atoms with E-state index >= 15 is 0 Å². The molecule has 7 heteroatoms. The molecule has 0 aromatic heterocycles. The van der Waals surface area contributed by atoms with E-state index in [4.69, 9.17) is 15.1 Å². The van der Waals surface area contributed by atoms with Crippen molar-refractivity contribution in [1.82, 2.24) is 0 Å². The topological polar surface area (TPSA) is 107 Å². The van der Waals surface area contributed by atoms with Crippen molar-refractivity contribution in [3.05, 3.63) is 11.9 Å². The first-order valence-corrected chi connectivity index (χ1v) is 5.09. The molecule has 6 nitrogen and oxygen atoms in total. The Labute approximate surface area is 81.4 Å². The Balaban J connectivity index is 4.62. The summed E-state index contributed by atoms with van der Waals surface area (Å²) in [5.74, 6) is -0.901. The number of aliphatic carboxylic acids is 1. The van der Waals surface area contributed by atoms with Crippen LogP contribution in [0.15, 0.2) is 16.9 Å². The molecule has 0 saturated heterocycles. The number of aliphatic hydroxyl groups is 1. The fourth-order valence-corrected chi connectivity index (χ4v) is 0.937. The van der Waals surface area contributed by atoms with Crippen LogP contribution in [-0.4, -0.2) is 39.0 Å². The third kappa shape index (κ3) is 5.53. The summed E-state index contributed by atoms with van der Waals surface area (Å²) in [6.07, 6.45) is 0.532. The number of hydrogen-bond acceptors (Lipinski definition) is 4. The van der Waals surface area contributed by atoms with Crippen LogP contribution in [0, 0.1) is 0 Å². The molecule has 0 rings (SSSR count). The highest BCUT2D eigenvalue weighted by atomic mass is 31.1. The zero-order valence-corrected chi connectivity index (χ0v) is 8.31. The molecular weight excluding hydrogens is 209 g/mol. The van der Waals surface area contributed by atoms with E-state index in [1.807, 2.05) is 0 Å². The number of hydrogen-bond donors (Lipinski definition) is 3. The van der Waals surface area contributed by atoms with E-state index in [9.17, 15) is 9.59 Å². The lowest BCUT2D eigenvalue weighted by Crippen LogP contribution is -2.11. The minimum Gasteiger partial charge on any atom is -0.477 e. The second-order valence-corrected chi connectivity index (χ2v) is 3.68. The summed E-state index contributed by atoms with van der Waals surface area (Å²) in [5.41, 5.74) is -0.465. The van der Waals surface area contributed by atoms with Crippen molar-refractivity contribution in [3.63, 3.8) is 0 Å². The first kappa shape index (κ1) is 12.9. The number of carbonyl (C=O) groups excluding carboxylic acids is 1. The molecule has 0 aliphatic heterocycles. The monoisotopic (exact) mass is 219 g/mol. The molecule has 1 unspecified atom stereocenters. The maximum Gasteiger partial charge on any atom is 0.354 e. The minimum atomic E-state index is -1.74. The molecule has 0 fully saturated rings. The van der Waals surface area contributed by atoms with Gasteiger partial charge in [-0.05, 0) is 11.9 Å². The van der Waals surface area contributed by atoms with Gasteiger partial charge in [0.15, 0.2) is 5.71 Å². The van der Waals surface area contributed by atoms with Crippen molar-refractivity contribution in [3.8, 4) is 0 Å². The van der Waals surface area contributed by atoms with Crippen molar-refractivity contribution >= 4 is 25.7 Å². The summed E-state index contributed by atoms with van der Waals surface area (Å²) in [6.45, 7) is 1.12. The molecule has 0 radical (unpaired) electrons. The first-order chi connectivity index (χ1) is 6.47. The fraction of sp³-hybridized carbons (Fsp3) is 0.286. The zero-order chi connectivity index (χ0) is 11.1. The largest absolute Gasteiger partial charge is 0.477 e. The quantitative estimate of drug-likeness (QED) is 0.452. The highest BCUT2D eigenvalue weighted by Crippen LogP contribution is 2.28. The Morgan fingerprint density at radius 3 is 2.43 bits per heavy atom. The number of aliphatic hydroxyl groups excluding tert-OH is 1. The Hall–Kier alpha value is -1.10. The molecule has 0 saturated carbocycles. The number of rotatable bonds is 4. The van der Waals surface area contributed by atoms with E-state index < -0.39 is 32.1 Å². The Bertz CT molecular complexity index is 286. The summed E-state index contributed by atoms with van der Waals surface area (Å²) >= 11 is 0. The van der Waals surface area contributed by atoms with Crippen molar-refractivity contribution in [2.24, 2.45) is 4.99 Å². The summed E-state index contributed by atoms with van der Waals surface area (Å²) in [7, 11) is -1.74. The van der Waals surface area contributed by atoms with E-state index in [1.54, 1.807) is 0 Å². The van der Waals surface area contributed by atoms with Crippen molar-refractivity contribution in [1.29, 1.82) is 0 Å². The van der Waals surface area contributed by atoms with Gasteiger partial charge in [-0.1, -0.05) is 0 Å². The zero-order valence-electron chi connectivity index (χ0n) is 7.41. The lowest BCUT2D eigenvalue weighted by atomic mass is 10.4. The second kappa shape index (κ2) is 6.37. The van der Waals surface area contributed by atoms with Gasteiger partial charge < -0.3 is 15.1 Å². The maximum absolute atomic E-state index is 10.5. The molecule has 0 heterocycles. The van der Waals surface area contributed by atoms with Crippen LogP contribution in [0.5, 0.6) is 0 Å². The van der Waals surface area contributed by atoms with E-state index in [1.165, 1.54) is 0 Å². The number of amides is 1. The van der Waals surface area contributed by atoms with Crippen LogP contribution in [-0.2, 0) is 9.59 Å². The highest BCUT2D eigenvalue weighted by Gasteiger charge is 2.07. The van der Waals surface area contributed by atoms with Crippen LogP contribution in [0.4, 0.5) is 0 Å². The van der Waals surface area contributed by atoms with E-state index in [0.29, 0.717) is 0 Å². The van der Waals surface area contributed by atoms with Gasteiger partial charge in [0.2, 0.25) is 5.91 Å². The number of nitrogens with zero attached hydrogens (tertiary/aromatic N) is 1.